The molecule has 2 aromatic heterocycles. The van der Waals surface area contributed by atoms with E-state index in [0.29, 0.717) is 0 Å². The Kier molecular flexibility index (Phi) is 3.09. The van der Waals surface area contributed by atoms with Gasteiger partial charge < -0.3 is 4.90 Å². The second-order valence-corrected chi connectivity index (χ2v) is 4.83. The van der Waals surface area contributed by atoms with E-state index in [1.807, 2.05) is 48.1 Å². The molecule has 0 radical (unpaired) electrons. The fraction of sp³-hybridized carbons (Fsp3) is 0.143. The van der Waals surface area contributed by atoms with Crippen LogP contribution in [0, 0.1) is 0 Å². The number of halogens is 1. The van der Waals surface area contributed by atoms with Crippen LogP contribution in [0.3, 0.4) is 0 Å². The van der Waals surface area contributed by atoms with Crippen LogP contribution in [0.25, 0.3) is 5.52 Å². The predicted octanol–water partition coefficient (Wildman–Crippen LogP) is 3.02. The van der Waals surface area contributed by atoms with E-state index < -0.39 is 0 Å². The van der Waals surface area contributed by atoms with Gasteiger partial charge in [-0.05, 0) is 23.8 Å². The molecule has 0 atom stereocenters. The summed E-state index contributed by atoms with van der Waals surface area (Å²) in [7, 11) is 2.02. The fourth-order valence-corrected chi connectivity index (χ4v) is 2.20. The molecule has 0 spiro atoms. The lowest BCUT2D eigenvalue weighted by Gasteiger charge is -2.19. The van der Waals surface area contributed by atoms with Crippen molar-refractivity contribution < 1.29 is 0 Å². The van der Waals surface area contributed by atoms with Gasteiger partial charge in [-0.3, -0.25) is 0 Å². The van der Waals surface area contributed by atoms with Gasteiger partial charge in [-0.15, -0.1) is 0 Å². The van der Waals surface area contributed by atoms with Crippen LogP contribution in [0.1, 0.15) is 5.56 Å². The van der Waals surface area contributed by atoms with Crippen LogP contribution in [-0.4, -0.2) is 21.6 Å². The Bertz CT molecular complexity index is 690. The molecule has 0 saturated carbocycles. The first kappa shape index (κ1) is 12.0. The van der Waals surface area contributed by atoms with Gasteiger partial charge in [0.15, 0.2) is 5.82 Å². The molecule has 1 aromatic carbocycles. The molecule has 0 N–H and O–H groups in total. The van der Waals surface area contributed by atoms with Crippen molar-refractivity contribution in [3.63, 3.8) is 0 Å². The Balaban J connectivity index is 1.89. The smallest absolute Gasteiger partial charge is 0.154 e. The van der Waals surface area contributed by atoms with E-state index in [9.17, 15) is 0 Å². The largest absolute Gasteiger partial charge is 0.354 e. The Morgan fingerprint density at radius 3 is 2.74 bits per heavy atom. The monoisotopic (exact) mass is 272 g/mol. The van der Waals surface area contributed by atoms with Gasteiger partial charge >= 0.3 is 0 Å². The molecule has 0 amide bonds. The Hall–Kier alpha value is -2.07. The van der Waals surface area contributed by atoms with E-state index in [1.54, 1.807) is 12.4 Å². The van der Waals surface area contributed by atoms with Gasteiger partial charge in [-0.25, -0.2) is 9.50 Å². The van der Waals surface area contributed by atoms with Gasteiger partial charge in [0.05, 0.1) is 6.20 Å². The lowest BCUT2D eigenvalue weighted by Crippen LogP contribution is -2.18. The normalized spacial score (nSPS) is 10.8. The number of rotatable bonds is 3. The molecule has 4 nitrogen and oxygen atoms in total. The van der Waals surface area contributed by atoms with E-state index in [0.717, 1.165) is 22.9 Å². The summed E-state index contributed by atoms with van der Waals surface area (Å²) in [5.41, 5.74) is 2.19. The lowest BCUT2D eigenvalue weighted by molar-refractivity contribution is 0.877. The zero-order valence-electron chi connectivity index (χ0n) is 10.5. The van der Waals surface area contributed by atoms with Crippen molar-refractivity contribution in [2.45, 2.75) is 6.54 Å². The van der Waals surface area contributed by atoms with E-state index in [-0.39, 0.29) is 0 Å². The third-order valence-electron chi connectivity index (χ3n) is 3.00. The quantitative estimate of drug-likeness (QED) is 0.735. The minimum absolute atomic E-state index is 0.752. The molecule has 96 valence electrons. The number of benzene rings is 1. The zero-order chi connectivity index (χ0) is 13.2. The molecule has 0 unspecified atom stereocenters. The van der Waals surface area contributed by atoms with Crippen molar-refractivity contribution in [2.75, 3.05) is 11.9 Å². The van der Waals surface area contributed by atoms with Gasteiger partial charge in [0.1, 0.15) is 5.52 Å². The number of aromatic nitrogens is 3. The van der Waals surface area contributed by atoms with Crippen LogP contribution in [0.5, 0.6) is 0 Å². The maximum atomic E-state index is 5.89. The van der Waals surface area contributed by atoms with Crippen LogP contribution in [-0.2, 0) is 6.54 Å². The first-order chi connectivity index (χ1) is 9.24. The van der Waals surface area contributed by atoms with Gasteiger partial charge in [0.25, 0.3) is 0 Å². The van der Waals surface area contributed by atoms with E-state index in [1.165, 1.54) is 5.56 Å². The standard InChI is InChI=1S/C14H13ClN4/c1-18(10-11-2-4-12(15)5-3-11)14-13-6-7-17-19(13)9-8-16-14/h2-9H,10H2,1H3. The average Bonchev–Trinajstić information content (AvgIpc) is 2.89. The molecule has 0 fully saturated rings. The highest BCUT2D eigenvalue weighted by Gasteiger charge is 2.08. The molecular weight excluding hydrogens is 260 g/mol. The molecule has 19 heavy (non-hydrogen) atoms. The van der Waals surface area contributed by atoms with Gasteiger partial charge in [-0.2, -0.15) is 5.10 Å². The third-order valence-corrected chi connectivity index (χ3v) is 3.25. The summed E-state index contributed by atoms with van der Waals surface area (Å²) < 4.78 is 1.82. The maximum Gasteiger partial charge on any atom is 0.154 e. The molecular formula is C14H13ClN4. The number of hydrogen-bond acceptors (Lipinski definition) is 3. The Labute approximate surface area is 116 Å². The second-order valence-electron chi connectivity index (χ2n) is 4.39. The summed E-state index contributed by atoms with van der Waals surface area (Å²) in [6, 6.07) is 9.81. The molecule has 5 heteroatoms. The van der Waals surface area contributed by atoms with Crippen molar-refractivity contribution in [2.24, 2.45) is 0 Å². The van der Waals surface area contributed by atoms with Gasteiger partial charge in [0, 0.05) is 31.0 Å². The number of fused-ring (bicyclic) bond motifs is 1. The summed E-state index contributed by atoms with van der Waals surface area (Å²) in [6.07, 6.45) is 5.37. The van der Waals surface area contributed by atoms with Crippen LogP contribution < -0.4 is 4.90 Å². The molecule has 0 saturated heterocycles. The summed E-state index contributed by atoms with van der Waals surface area (Å²) in [6.45, 7) is 0.773. The highest BCUT2D eigenvalue weighted by atomic mass is 35.5. The van der Waals surface area contributed by atoms with Gasteiger partial charge in [0.2, 0.25) is 0 Å². The first-order valence-electron chi connectivity index (χ1n) is 5.98. The van der Waals surface area contributed by atoms with Crippen LogP contribution in [0.15, 0.2) is 48.9 Å². The summed E-state index contributed by atoms with van der Waals surface area (Å²) in [5, 5.41) is 4.97. The van der Waals surface area contributed by atoms with Crippen molar-refractivity contribution in [3.05, 3.63) is 59.5 Å². The van der Waals surface area contributed by atoms with Crippen molar-refractivity contribution in [1.29, 1.82) is 0 Å². The fourth-order valence-electron chi connectivity index (χ4n) is 2.08. The van der Waals surface area contributed by atoms with Gasteiger partial charge in [-0.1, -0.05) is 23.7 Å². The van der Waals surface area contributed by atoms with Crippen molar-refractivity contribution in [3.8, 4) is 0 Å². The number of hydrogen-bond donors (Lipinski definition) is 0. The van der Waals surface area contributed by atoms with Crippen LogP contribution in [0.4, 0.5) is 5.82 Å². The molecule has 0 bridgehead atoms. The summed E-state index contributed by atoms with van der Waals surface area (Å²) in [4.78, 5) is 6.53. The highest BCUT2D eigenvalue weighted by molar-refractivity contribution is 6.30. The minimum atomic E-state index is 0.752. The maximum absolute atomic E-state index is 5.89. The molecule has 0 aliphatic heterocycles. The molecule has 3 rings (SSSR count). The van der Waals surface area contributed by atoms with Crippen molar-refractivity contribution in [1.82, 2.24) is 14.6 Å². The highest BCUT2D eigenvalue weighted by Crippen LogP contribution is 2.19. The van der Waals surface area contributed by atoms with E-state index in [2.05, 4.69) is 15.0 Å². The van der Waals surface area contributed by atoms with Crippen LogP contribution in [0.2, 0.25) is 5.02 Å². The summed E-state index contributed by atoms with van der Waals surface area (Å²) in [5.74, 6) is 0.912. The minimum Gasteiger partial charge on any atom is -0.354 e. The SMILES string of the molecule is CN(Cc1ccc(Cl)cc1)c1nccn2nccc12. The third kappa shape index (κ3) is 2.39. The average molecular weight is 273 g/mol. The molecule has 3 aromatic rings. The topological polar surface area (TPSA) is 33.4 Å². The Morgan fingerprint density at radius 1 is 1.16 bits per heavy atom. The predicted molar refractivity (Wildman–Crippen MR) is 76.5 cm³/mol. The first-order valence-corrected chi connectivity index (χ1v) is 6.36. The van der Waals surface area contributed by atoms with Crippen LogP contribution >= 0.6 is 11.6 Å². The van der Waals surface area contributed by atoms with Crippen molar-refractivity contribution >= 4 is 22.9 Å². The van der Waals surface area contributed by atoms with E-state index >= 15 is 0 Å². The molecule has 0 aliphatic carbocycles. The molecule has 2 heterocycles. The Morgan fingerprint density at radius 2 is 1.95 bits per heavy atom. The number of nitrogens with zero attached hydrogens (tertiary/aromatic N) is 4. The lowest BCUT2D eigenvalue weighted by atomic mass is 10.2. The zero-order valence-corrected chi connectivity index (χ0v) is 11.2. The number of anilines is 1. The summed E-state index contributed by atoms with van der Waals surface area (Å²) >= 11 is 5.89. The second kappa shape index (κ2) is 4.90. The van der Waals surface area contributed by atoms with E-state index in [4.69, 9.17) is 11.6 Å². The molecule has 0 aliphatic rings.